The van der Waals surface area contributed by atoms with E-state index in [2.05, 4.69) is 15.3 Å². The number of pyridine rings is 2. The zero-order chi connectivity index (χ0) is 15.5. The average Bonchev–Trinajstić information content (AvgIpc) is 2.97. The highest BCUT2D eigenvalue weighted by atomic mass is 32.1. The molecule has 110 valence electrons. The second kappa shape index (κ2) is 6.07. The van der Waals surface area contributed by atoms with Gasteiger partial charge in [-0.1, -0.05) is 6.07 Å². The summed E-state index contributed by atoms with van der Waals surface area (Å²) in [6, 6.07) is 11.6. The van der Waals surface area contributed by atoms with Crippen molar-refractivity contribution in [1.29, 1.82) is 0 Å². The van der Waals surface area contributed by atoms with Crippen LogP contribution >= 0.6 is 11.3 Å². The zero-order valence-corrected chi connectivity index (χ0v) is 13.1. The van der Waals surface area contributed by atoms with E-state index in [1.165, 1.54) is 11.3 Å². The lowest BCUT2D eigenvalue weighted by Crippen LogP contribution is -1.96. The number of nitrogens with one attached hydrogen (secondary N) is 1. The van der Waals surface area contributed by atoms with Crippen LogP contribution in [0.2, 0.25) is 0 Å². The Balaban J connectivity index is 1.87. The van der Waals surface area contributed by atoms with E-state index >= 15 is 0 Å². The maximum Gasteiger partial charge on any atom is 0.160 e. The van der Waals surface area contributed by atoms with Crippen LogP contribution < -0.4 is 5.32 Å². The topological polar surface area (TPSA) is 54.9 Å². The number of hydrogen-bond donors (Lipinski definition) is 1. The molecule has 0 spiro atoms. The first-order chi connectivity index (χ1) is 10.6. The van der Waals surface area contributed by atoms with Gasteiger partial charge in [-0.3, -0.25) is 4.79 Å². The molecule has 0 unspecified atom stereocenters. The van der Waals surface area contributed by atoms with E-state index in [0.29, 0.717) is 0 Å². The normalized spacial score (nSPS) is 10.5. The smallest absolute Gasteiger partial charge is 0.160 e. The van der Waals surface area contributed by atoms with Crippen LogP contribution in [0.3, 0.4) is 0 Å². The lowest BCUT2D eigenvalue weighted by Gasteiger charge is -2.06. The van der Waals surface area contributed by atoms with Crippen molar-refractivity contribution < 1.29 is 4.79 Å². The van der Waals surface area contributed by atoms with E-state index in [-0.39, 0.29) is 5.78 Å². The van der Waals surface area contributed by atoms with Gasteiger partial charge >= 0.3 is 0 Å². The van der Waals surface area contributed by atoms with Gasteiger partial charge < -0.3 is 5.32 Å². The number of rotatable bonds is 4. The molecule has 3 rings (SSSR count). The molecule has 0 fully saturated rings. The monoisotopic (exact) mass is 309 g/mol. The zero-order valence-electron chi connectivity index (χ0n) is 12.3. The highest BCUT2D eigenvalue weighted by Gasteiger charge is 2.08. The quantitative estimate of drug-likeness (QED) is 0.723. The summed E-state index contributed by atoms with van der Waals surface area (Å²) in [6.45, 7) is 3.59. The van der Waals surface area contributed by atoms with E-state index in [9.17, 15) is 4.79 Å². The molecule has 0 bridgehead atoms. The molecule has 0 atom stereocenters. The lowest BCUT2D eigenvalue weighted by molar-refractivity contribution is 0.101. The summed E-state index contributed by atoms with van der Waals surface area (Å²) in [5.74, 6) is 1.56. The van der Waals surface area contributed by atoms with Crippen LogP contribution in [0, 0.1) is 6.92 Å². The molecule has 0 aliphatic carbocycles. The molecule has 4 nitrogen and oxygen atoms in total. The number of carbonyl (C=O) groups excluding carboxylic acids is 1. The highest BCUT2D eigenvalue weighted by molar-refractivity contribution is 7.13. The van der Waals surface area contributed by atoms with Gasteiger partial charge in [-0.05, 0) is 49.7 Å². The van der Waals surface area contributed by atoms with Crippen LogP contribution in [0.15, 0.2) is 48.0 Å². The molecule has 3 aromatic heterocycles. The fraction of sp³-hybridized carbons (Fsp3) is 0.118. The second-order valence-electron chi connectivity index (χ2n) is 5.01. The van der Waals surface area contributed by atoms with Gasteiger partial charge in [0.05, 0.1) is 10.6 Å². The van der Waals surface area contributed by atoms with Crippen LogP contribution in [0.5, 0.6) is 0 Å². The van der Waals surface area contributed by atoms with E-state index in [1.807, 2.05) is 48.7 Å². The summed E-state index contributed by atoms with van der Waals surface area (Å²) in [5.41, 5.74) is 2.70. The molecule has 1 N–H and O–H groups in total. The summed E-state index contributed by atoms with van der Waals surface area (Å²) in [6.07, 6.45) is 1.76. The van der Waals surface area contributed by atoms with Crippen molar-refractivity contribution in [2.75, 3.05) is 5.32 Å². The fourth-order valence-corrected chi connectivity index (χ4v) is 2.95. The minimum Gasteiger partial charge on any atom is -0.325 e. The van der Waals surface area contributed by atoms with Gasteiger partial charge in [-0.15, -0.1) is 11.3 Å². The Morgan fingerprint density at radius 2 is 2.05 bits per heavy atom. The molecule has 0 aromatic carbocycles. The number of aromatic nitrogens is 2. The van der Waals surface area contributed by atoms with E-state index in [0.717, 1.165) is 33.3 Å². The summed E-state index contributed by atoms with van der Waals surface area (Å²) in [4.78, 5) is 21.2. The van der Waals surface area contributed by atoms with Crippen LogP contribution in [0.4, 0.5) is 11.6 Å². The Morgan fingerprint density at radius 1 is 1.18 bits per heavy atom. The van der Waals surface area contributed by atoms with E-state index < -0.39 is 0 Å². The molecule has 0 saturated heterocycles. The van der Waals surface area contributed by atoms with Gasteiger partial charge in [0.25, 0.3) is 0 Å². The molecule has 0 saturated carbocycles. The number of ketones is 1. The SMILES string of the molecule is CC(=O)c1csc(-c2cccc(Nc3cc(C)ccn3)n2)c1. The molecular formula is C17H15N3OS. The molecule has 5 heteroatoms. The summed E-state index contributed by atoms with van der Waals surface area (Å²) in [7, 11) is 0. The molecule has 22 heavy (non-hydrogen) atoms. The molecule has 0 radical (unpaired) electrons. The number of aryl methyl sites for hydroxylation is 1. The third kappa shape index (κ3) is 3.20. The number of hydrogen-bond acceptors (Lipinski definition) is 5. The third-order valence-electron chi connectivity index (χ3n) is 3.18. The van der Waals surface area contributed by atoms with Crippen molar-refractivity contribution in [3.8, 4) is 10.6 Å². The number of anilines is 2. The Kier molecular flexibility index (Phi) is 3.98. The minimum absolute atomic E-state index is 0.0701. The van der Waals surface area contributed by atoms with Crippen LogP contribution in [0.1, 0.15) is 22.8 Å². The average molecular weight is 309 g/mol. The van der Waals surface area contributed by atoms with Gasteiger partial charge in [0.15, 0.2) is 5.78 Å². The second-order valence-corrected chi connectivity index (χ2v) is 5.92. The van der Waals surface area contributed by atoms with Crippen LogP contribution in [-0.2, 0) is 0 Å². The Hall–Kier alpha value is -2.53. The van der Waals surface area contributed by atoms with Gasteiger partial charge in [0.2, 0.25) is 0 Å². The van der Waals surface area contributed by atoms with Gasteiger partial charge in [-0.25, -0.2) is 9.97 Å². The highest BCUT2D eigenvalue weighted by Crippen LogP contribution is 2.27. The molecule has 3 aromatic rings. The number of Topliss-reactive ketones (excluding diaryl/α,β-unsaturated/α-hetero) is 1. The van der Waals surface area contributed by atoms with Crippen molar-refractivity contribution in [3.05, 3.63) is 59.1 Å². The Morgan fingerprint density at radius 3 is 2.77 bits per heavy atom. The third-order valence-corrected chi connectivity index (χ3v) is 4.13. The predicted octanol–water partition coefficient (Wildman–Crippen LogP) is 4.46. The molecule has 0 aliphatic heterocycles. The fourth-order valence-electron chi connectivity index (χ4n) is 2.03. The largest absolute Gasteiger partial charge is 0.325 e. The van der Waals surface area contributed by atoms with Crippen molar-refractivity contribution >= 4 is 28.8 Å². The van der Waals surface area contributed by atoms with Crippen molar-refractivity contribution in [2.24, 2.45) is 0 Å². The first-order valence-electron chi connectivity index (χ1n) is 6.88. The Labute approximate surface area is 132 Å². The summed E-state index contributed by atoms with van der Waals surface area (Å²) < 4.78 is 0. The van der Waals surface area contributed by atoms with E-state index in [1.54, 1.807) is 13.1 Å². The number of nitrogens with zero attached hydrogens (tertiary/aromatic N) is 2. The lowest BCUT2D eigenvalue weighted by atomic mass is 10.2. The van der Waals surface area contributed by atoms with Crippen molar-refractivity contribution in [3.63, 3.8) is 0 Å². The van der Waals surface area contributed by atoms with E-state index in [4.69, 9.17) is 0 Å². The number of thiophene rings is 1. The maximum atomic E-state index is 11.4. The predicted molar refractivity (Wildman–Crippen MR) is 89.8 cm³/mol. The van der Waals surface area contributed by atoms with Crippen molar-refractivity contribution in [2.45, 2.75) is 13.8 Å². The van der Waals surface area contributed by atoms with Crippen LogP contribution in [0.25, 0.3) is 10.6 Å². The Bertz CT molecular complexity index is 826. The van der Waals surface area contributed by atoms with Crippen molar-refractivity contribution in [1.82, 2.24) is 9.97 Å². The maximum absolute atomic E-state index is 11.4. The van der Waals surface area contributed by atoms with Gasteiger partial charge in [0.1, 0.15) is 11.6 Å². The summed E-state index contributed by atoms with van der Waals surface area (Å²) in [5, 5.41) is 5.06. The molecule has 0 aliphatic rings. The first kappa shape index (κ1) is 14.4. The molecular weight excluding hydrogens is 294 g/mol. The minimum atomic E-state index is 0.0701. The number of carbonyl (C=O) groups is 1. The first-order valence-corrected chi connectivity index (χ1v) is 7.76. The summed E-state index contributed by atoms with van der Waals surface area (Å²) >= 11 is 1.52. The van der Waals surface area contributed by atoms with Crippen LogP contribution in [-0.4, -0.2) is 15.8 Å². The van der Waals surface area contributed by atoms with Gasteiger partial charge in [0, 0.05) is 17.1 Å². The molecule has 0 amide bonds. The van der Waals surface area contributed by atoms with Gasteiger partial charge in [-0.2, -0.15) is 0 Å². The standard InChI is InChI=1S/C17H15N3OS/c1-11-6-7-18-17(8-11)20-16-5-3-4-14(19-16)15-9-13(10-22-15)12(2)21/h3-10H,1-2H3,(H,18,19,20). The molecule has 3 heterocycles.